The van der Waals surface area contributed by atoms with Gasteiger partial charge in [0.2, 0.25) is 17.6 Å². The molecule has 2 heterocycles. The highest BCUT2D eigenvalue weighted by Gasteiger charge is 2.49. The maximum Gasteiger partial charge on any atom is 0.246 e. The van der Waals surface area contributed by atoms with Crippen LogP contribution in [0.3, 0.4) is 0 Å². The number of nitrogens with one attached hydrogen (secondary N) is 1. The number of aliphatic imine (C=N–C) groups is 1. The molecular weight excluding hydrogens is 977 g/mol. The Morgan fingerprint density at radius 1 is 0.632 bits per heavy atom. The van der Waals surface area contributed by atoms with Gasteiger partial charge in [-0.05, 0) is 138 Å². The highest BCUT2D eigenvalue weighted by Crippen LogP contribution is 2.54. The fraction of sp³-hybridized carbons (Fsp3) is 0.545. The zero-order chi connectivity index (χ0) is 54.6. The van der Waals surface area contributed by atoms with Crippen molar-refractivity contribution in [2.45, 2.75) is 224 Å². The summed E-state index contributed by atoms with van der Waals surface area (Å²) in [6, 6.07) is 26.0. The van der Waals surface area contributed by atoms with Crippen LogP contribution < -0.4 is 10.2 Å². The van der Waals surface area contributed by atoms with E-state index in [4.69, 9.17) is 4.99 Å². The minimum Gasteiger partial charge on any atom is -0.506 e. The minimum atomic E-state index is -0.309. The summed E-state index contributed by atoms with van der Waals surface area (Å²) >= 11 is 3.87. The average molecular weight is 1070 g/mol. The Labute approximate surface area is 466 Å². The summed E-state index contributed by atoms with van der Waals surface area (Å²) < 4.78 is 0. The van der Waals surface area contributed by atoms with Gasteiger partial charge < -0.3 is 20.2 Å². The monoisotopic (exact) mass is 1070 g/mol. The van der Waals surface area contributed by atoms with Gasteiger partial charge in [-0.3, -0.25) is 14.4 Å². The number of fused-ring (bicyclic) bond motifs is 2. The number of hydrogen-bond donors (Lipinski definition) is 2. The van der Waals surface area contributed by atoms with Gasteiger partial charge in [0.25, 0.3) is 0 Å². The van der Waals surface area contributed by atoms with E-state index < -0.39 is 0 Å². The molecule has 0 radical (unpaired) electrons. The maximum absolute atomic E-state index is 15.0. The van der Waals surface area contributed by atoms with E-state index in [-0.39, 0.29) is 69.5 Å². The summed E-state index contributed by atoms with van der Waals surface area (Å²) in [7, 11) is 0. The molecule has 1 fully saturated rings. The number of Topliss-reactive ketones (excluding diaryl/α,β-unsaturated/α-hetero) is 1. The topological polar surface area (TPSA) is 102 Å². The summed E-state index contributed by atoms with van der Waals surface area (Å²) in [6.07, 6.45) is 22.6. The van der Waals surface area contributed by atoms with Gasteiger partial charge >= 0.3 is 0 Å². The van der Waals surface area contributed by atoms with Crippen molar-refractivity contribution in [2.75, 3.05) is 21.7 Å². The molecule has 2 aliphatic carbocycles. The van der Waals surface area contributed by atoms with Gasteiger partial charge in [-0.15, -0.1) is 23.5 Å². The highest BCUT2D eigenvalue weighted by molar-refractivity contribution is 7.99. The normalized spacial score (nSPS) is 20.1. The number of aliphatic hydroxyl groups is 1. The van der Waals surface area contributed by atoms with Crippen molar-refractivity contribution in [1.29, 1.82) is 0 Å². The molecule has 4 aliphatic rings. The van der Waals surface area contributed by atoms with Crippen molar-refractivity contribution in [2.24, 2.45) is 10.4 Å². The van der Waals surface area contributed by atoms with Crippen LogP contribution in [0.4, 0.5) is 11.4 Å². The quantitative estimate of drug-likeness (QED) is 0.0421. The van der Waals surface area contributed by atoms with Crippen LogP contribution in [0.5, 0.6) is 0 Å². The lowest BCUT2D eigenvalue weighted by atomic mass is 9.73. The second kappa shape index (κ2) is 27.2. The van der Waals surface area contributed by atoms with Crippen molar-refractivity contribution in [3.8, 4) is 0 Å². The number of unbranched alkanes of at least 4 members (excludes halogenated alkanes) is 14. The Hall–Kier alpha value is -4.80. The Balaban J connectivity index is 1.05. The number of amides is 2. The largest absolute Gasteiger partial charge is 0.506 e. The van der Waals surface area contributed by atoms with E-state index in [0.717, 1.165) is 79.0 Å². The van der Waals surface area contributed by atoms with E-state index in [1.807, 2.05) is 47.8 Å². The molecule has 76 heavy (non-hydrogen) atoms. The fourth-order valence-corrected chi connectivity index (χ4v) is 13.7. The number of anilines is 2. The van der Waals surface area contributed by atoms with E-state index in [9.17, 15) is 19.5 Å². The lowest BCUT2D eigenvalue weighted by Gasteiger charge is -2.34. The number of rotatable bonds is 28. The van der Waals surface area contributed by atoms with E-state index in [1.54, 1.807) is 0 Å². The summed E-state index contributed by atoms with van der Waals surface area (Å²) in [5.74, 6) is 1.57. The van der Waals surface area contributed by atoms with Crippen LogP contribution in [0.2, 0.25) is 0 Å². The Morgan fingerprint density at radius 2 is 1.12 bits per heavy atom. The van der Waals surface area contributed by atoms with Crippen LogP contribution in [0.15, 0.2) is 128 Å². The summed E-state index contributed by atoms with van der Waals surface area (Å²) in [5, 5.41) is 15.6. The molecule has 2 unspecified atom stereocenters. The minimum absolute atomic E-state index is 0.0942. The van der Waals surface area contributed by atoms with Crippen molar-refractivity contribution in [3.05, 3.63) is 124 Å². The molecule has 0 saturated carbocycles. The third kappa shape index (κ3) is 14.1. The Kier molecular flexibility index (Phi) is 21.1. The van der Waals surface area contributed by atoms with Crippen LogP contribution in [-0.4, -0.2) is 69.0 Å². The lowest BCUT2D eigenvalue weighted by Crippen LogP contribution is -2.42. The zero-order valence-corrected chi connectivity index (χ0v) is 49.5. The first kappa shape index (κ1) is 58.9. The van der Waals surface area contributed by atoms with E-state index in [1.165, 1.54) is 67.6 Å². The smallest absolute Gasteiger partial charge is 0.246 e. The summed E-state index contributed by atoms with van der Waals surface area (Å²) in [4.78, 5) is 54.9. The Bertz CT molecular complexity index is 2660. The number of hydrogen-bond acceptors (Lipinski definition) is 8. The maximum atomic E-state index is 15.0. The van der Waals surface area contributed by atoms with Crippen molar-refractivity contribution in [1.82, 2.24) is 4.90 Å². The van der Waals surface area contributed by atoms with E-state index in [2.05, 4.69) is 145 Å². The van der Waals surface area contributed by atoms with Gasteiger partial charge in [-0.1, -0.05) is 141 Å². The molecule has 2 amide bonds. The van der Waals surface area contributed by atoms with Crippen LogP contribution in [-0.2, 0) is 19.8 Å². The second-order valence-corrected chi connectivity index (χ2v) is 25.9. The molecule has 2 aliphatic heterocycles. The van der Waals surface area contributed by atoms with Gasteiger partial charge in [0.15, 0.2) is 0 Å². The molecule has 410 valence electrons. The Morgan fingerprint density at radius 3 is 1.63 bits per heavy atom. The molecule has 2 N–H and O–H groups in total. The van der Waals surface area contributed by atoms with Gasteiger partial charge in [0, 0.05) is 80.2 Å². The number of nitrogens with zero attached hydrogens (tertiary/aromatic N) is 3. The van der Waals surface area contributed by atoms with Crippen LogP contribution >= 0.6 is 23.5 Å². The van der Waals surface area contributed by atoms with Gasteiger partial charge in [-0.2, -0.15) is 0 Å². The molecule has 10 heteroatoms. The first-order valence-corrected chi connectivity index (χ1v) is 31.1. The number of carbonyl (C=O) groups is 3. The standard InChI is InChI=1S/C66H90N4O4S2/c1-45(2)69-47(5)65(7,8)53-41-51(55(43-57(53)69)67-59(71)37-29-19-15-11-13-17-21-31-39-75-49-33-25-23-26-34-49)61-63(73)62(64(61)74)52-42-54-58(70(46(3)4)48(6)66(54,9)10)44-56(52)68-60(72)38-30-20-16-12-14-18-22-32-40-76-50-35-27-24-28-36-50/h23-28,33-36,41-48,73H,11-22,29-32,37-40H2,1-10H3,(H,67,71). The number of ketones is 1. The van der Waals surface area contributed by atoms with E-state index in [0.29, 0.717) is 35.4 Å². The molecule has 0 aromatic heterocycles. The second-order valence-electron chi connectivity index (χ2n) is 23.6. The average Bonchev–Trinajstić information content (AvgIpc) is 3.84. The predicted octanol–water partition coefficient (Wildman–Crippen LogP) is 17.2. The molecule has 3 aromatic carbocycles. The molecule has 0 bridgehead atoms. The van der Waals surface area contributed by atoms with Crippen molar-refractivity contribution in [3.63, 3.8) is 0 Å². The third-order valence-corrected chi connectivity index (χ3v) is 19.0. The molecule has 2 atom stereocenters. The van der Waals surface area contributed by atoms with Crippen LogP contribution in [0.25, 0.3) is 5.57 Å². The third-order valence-electron chi connectivity index (χ3n) is 16.8. The van der Waals surface area contributed by atoms with Gasteiger partial charge in [0.05, 0.1) is 22.5 Å². The van der Waals surface area contributed by atoms with Gasteiger partial charge in [0.1, 0.15) is 5.76 Å². The first-order chi connectivity index (χ1) is 36.4. The number of likely N-dealkylation sites (tertiary alicyclic amines) is 1. The van der Waals surface area contributed by atoms with Gasteiger partial charge in [-0.25, -0.2) is 4.99 Å². The summed E-state index contributed by atoms with van der Waals surface area (Å²) in [6.45, 7) is 22.1. The molecule has 0 spiro atoms. The highest BCUT2D eigenvalue weighted by atomic mass is 32.2. The van der Waals surface area contributed by atoms with Crippen LogP contribution in [0.1, 0.15) is 196 Å². The zero-order valence-electron chi connectivity index (χ0n) is 47.9. The number of aliphatic hydroxyl groups excluding tert-OH is 1. The predicted molar refractivity (Wildman–Crippen MR) is 323 cm³/mol. The molecule has 7 rings (SSSR count). The number of carbonyl (C=O) groups excluding carboxylic acids is 3. The molecular formula is C66H90N4O4S2. The fourth-order valence-electron chi connectivity index (χ4n) is 11.8. The van der Waals surface area contributed by atoms with Crippen molar-refractivity contribution >= 4 is 63.8 Å². The van der Waals surface area contributed by atoms with E-state index >= 15 is 0 Å². The SMILES string of the molecule is CC(C)N1C2=CC(=NC(=O)CCCCCCCCCCSc3ccccc3)C(=C3C(=O)C(c4cc5c(cc4NC(=O)CCCCCCCCCCSc4ccccc4)N(C(C)C)C(C)C5(C)C)=C3O)C=C2C(C)(C)C1C. The molecule has 8 nitrogen and oxygen atoms in total. The number of thioether (sulfide) groups is 2. The lowest BCUT2D eigenvalue weighted by molar-refractivity contribution is -0.118. The number of benzene rings is 3. The summed E-state index contributed by atoms with van der Waals surface area (Å²) in [5.41, 5.74) is 5.98. The molecule has 3 aromatic rings. The number of allylic oxidation sites excluding steroid dienone is 6. The molecule has 1 saturated heterocycles. The van der Waals surface area contributed by atoms with Crippen LogP contribution in [0, 0.1) is 5.41 Å². The van der Waals surface area contributed by atoms with Crippen molar-refractivity contribution < 1.29 is 19.5 Å². The first-order valence-electron chi connectivity index (χ1n) is 29.1.